The minimum atomic E-state index is -0.136. The number of aromatic nitrogens is 1. The molecule has 6 heteroatoms. The lowest BCUT2D eigenvalue weighted by atomic mass is 10.1. The predicted octanol–water partition coefficient (Wildman–Crippen LogP) is 2.86. The number of pyridine rings is 1. The number of amides is 1. The highest BCUT2D eigenvalue weighted by molar-refractivity contribution is 5.93. The first-order valence-electron chi connectivity index (χ1n) is 8.26. The largest absolute Gasteiger partial charge is 0.493 e. The first kappa shape index (κ1) is 18.6. The van der Waals surface area contributed by atoms with Gasteiger partial charge in [0.05, 0.1) is 26.4 Å². The van der Waals surface area contributed by atoms with Gasteiger partial charge in [0.15, 0.2) is 11.5 Å². The maximum Gasteiger partial charge on any atom is 0.252 e. The normalized spacial score (nSPS) is 10.2. The van der Waals surface area contributed by atoms with E-state index in [1.165, 1.54) is 6.20 Å². The van der Waals surface area contributed by atoms with E-state index in [0.29, 0.717) is 36.1 Å². The van der Waals surface area contributed by atoms with E-state index in [9.17, 15) is 4.79 Å². The topological polar surface area (TPSA) is 69.7 Å². The molecule has 1 amide bonds. The average Bonchev–Trinajstić information content (AvgIpc) is 2.65. The van der Waals surface area contributed by atoms with Crippen LogP contribution in [0.15, 0.2) is 36.5 Å². The van der Waals surface area contributed by atoms with Crippen LogP contribution >= 0.6 is 0 Å². The first-order chi connectivity index (χ1) is 12.2. The third-order valence-electron chi connectivity index (χ3n) is 3.67. The predicted molar refractivity (Wildman–Crippen MR) is 95.6 cm³/mol. The van der Waals surface area contributed by atoms with Gasteiger partial charge in [-0.1, -0.05) is 6.07 Å². The lowest BCUT2D eigenvalue weighted by Crippen LogP contribution is -2.24. The van der Waals surface area contributed by atoms with Gasteiger partial charge in [0.25, 0.3) is 5.91 Å². The van der Waals surface area contributed by atoms with E-state index in [2.05, 4.69) is 10.3 Å². The third kappa shape index (κ3) is 5.38. The fourth-order valence-corrected chi connectivity index (χ4v) is 2.38. The number of nitrogens with one attached hydrogen (secondary N) is 1. The van der Waals surface area contributed by atoms with Crippen molar-refractivity contribution in [2.45, 2.75) is 19.8 Å². The molecule has 0 aliphatic heterocycles. The number of methoxy groups -OCH3 is 2. The second-order valence-corrected chi connectivity index (χ2v) is 5.37. The number of benzene rings is 1. The van der Waals surface area contributed by atoms with Crippen molar-refractivity contribution >= 4 is 5.91 Å². The van der Waals surface area contributed by atoms with Gasteiger partial charge in [0.2, 0.25) is 5.88 Å². The molecule has 1 aromatic heterocycles. The number of aryl methyl sites for hydroxylation is 1. The Morgan fingerprint density at radius 2 is 1.92 bits per heavy atom. The van der Waals surface area contributed by atoms with Crippen molar-refractivity contribution < 1.29 is 19.0 Å². The van der Waals surface area contributed by atoms with Crippen LogP contribution in [0, 0.1) is 0 Å². The number of rotatable bonds is 9. The van der Waals surface area contributed by atoms with Crippen molar-refractivity contribution in [1.82, 2.24) is 10.3 Å². The van der Waals surface area contributed by atoms with Crippen LogP contribution in [0.3, 0.4) is 0 Å². The highest BCUT2D eigenvalue weighted by Gasteiger charge is 2.07. The van der Waals surface area contributed by atoms with Crippen LogP contribution < -0.4 is 19.5 Å². The fourth-order valence-electron chi connectivity index (χ4n) is 2.38. The van der Waals surface area contributed by atoms with Crippen LogP contribution in [-0.2, 0) is 6.42 Å². The summed E-state index contributed by atoms with van der Waals surface area (Å²) in [5.41, 5.74) is 1.66. The molecular formula is C19H24N2O4. The molecule has 134 valence electrons. The van der Waals surface area contributed by atoms with Crippen molar-refractivity contribution in [3.8, 4) is 17.4 Å². The van der Waals surface area contributed by atoms with E-state index in [1.54, 1.807) is 26.4 Å². The van der Waals surface area contributed by atoms with Gasteiger partial charge in [-0.3, -0.25) is 4.79 Å². The zero-order valence-corrected chi connectivity index (χ0v) is 14.9. The van der Waals surface area contributed by atoms with Crippen LogP contribution in [0.25, 0.3) is 0 Å². The highest BCUT2D eigenvalue weighted by Crippen LogP contribution is 2.27. The molecule has 1 N–H and O–H groups in total. The van der Waals surface area contributed by atoms with Crippen LogP contribution in [0.2, 0.25) is 0 Å². The lowest BCUT2D eigenvalue weighted by Gasteiger charge is -2.10. The zero-order valence-electron chi connectivity index (χ0n) is 14.9. The van der Waals surface area contributed by atoms with Crippen molar-refractivity contribution in [2.75, 3.05) is 27.4 Å². The fraction of sp³-hybridized carbons (Fsp3) is 0.368. The molecule has 0 bridgehead atoms. The van der Waals surface area contributed by atoms with Crippen molar-refractivity contribution in [1.29, 1.82) is 0 Å². The van der Waals surface area contributed by atoms with E-state index in [4.69, 9.17) is 14.2 Å². The molecule has 2 aromatic rings. The maximum absolute atomic E-state index is 12.1. The molecule has 0 atom stereocenters. The summed E-state index contributed by atoms with van der Waals surface area (Å²) < 4.78 is 15.8. The van der Waals surface area contributed by atoms with Gasteiger partial charge in [-0.2, -0.15) is 0 Å². The molecule has 2 rings (SSSR count). The highest BCUT2D eigenvalue weighted by atomic mass is 16.5. The van der Waals surface area contributed by atoms with Gasteiger partial charge in [-0.25, -0.2) is 4.98 Å². The van der Waals surface area contributed by atoms with Crippen LogP contribution in [0.1, 0.15) is 29.3 Å². The third-order valence-corrected chi connectivity index (χ3v) is 3.67. The Morgan fingerprint density at radius 3 is 2.56 bits per heavy atom. The van der Waals surface area contributed by atoms with Gasteiger partial charge >= 0.3 is 0 Å². The molecule has 6 nitrogen and oxygen atoms in total. The van der Waals surface area contributed by atoms with Crippen molar-refractivity contribution in [3.05, 3.63) is 47.7 Å². The summed E-state index contributed by atoms with van der Waals surface area (Å²) in [5, 5.41) is 2.90. The molecule has 0 saturated carbocycles. The monoisotopic (exact) mass is 344 g/mol. The molecule has 0 unspecified atom stereocenters. The van der Waals surface area contributed by atoms with Crippen LogP contribution in [0.5, 0.6) is 17.4 Å². The first-order valence-corrected chi connectivity index (χ1v) is 8.26. The Hall–Kier alpha value is -2.76. The summed E-state index contributed by atoms with van der Waals surface area (Å²) in [6, 6.07) is 9.25. The Kier molecular flexibility index (Phi) is 7.07. The summed E-state index contributed by atoms with van der Waals surface area (Å²) in [5.74, 6) is 1.81. The molecule has 0 spiro atoms. The summed E-state index contributed by atoms with van der Waals surface area (Å²) in [7, 11) is 3.23. The molecule has 0 radical (unpaired) electrons. The van der Waals surface area contributed by atoms with Gasteiger partial charge < -0.3 is 19.5 Å². The smallest absolute Gasteiger partial charge is 0.252 e. The Morgan fingerprint density at radius 1 is 1.12 bits per heavy atom. The van der Waals surface area contributed by atoms with E-state index in [-0.39, 0.29) is 5.91 Å². The molecular weight excluding hydrogens is 320 g/mol. The number of ether oxygens (including phenoxy) is 3. The van der Waals surface area contributed by atoms with Gasteiger partial charge in [0.1, 0.15) is 0 Å². The summed E-state index contributed by atoms with van der Waals surface area (Å²) in [4.78, 5) is 16.2. The molecule has 1 heterocycles. The van der Waals surface area contributed by atoms with Gasteiger partial charge in [-0.05, 0) is 43.5 Å². The van der Waals surface area contributed by atoms with Crippen LogP contribution in [-0.4, -0.2) is 38.3 Å². The lowest BCUT2D eigenvalue weighted by molar-refractivity contribution is 0.0953. The summed E-state index contributed by atoms with van der Waals surface area (Å²) >= 11 is 0. The quantitative estimate of drug-likeness (QED) is 0.708. The Balaban J connectivity index is 1.79. The molecule has 0 aliphatic carbocycles. The summed E-state index contributed by atoms with van der Waals surface area (Å²) in [6.07, 6.45) is 3.18. The van der Waals surface area contributed by atoms with E-state index < -0.39 is 0 Å². The molecule has 0 fully saturated rings. The molecule has 1 aromatic carbocycles. The number of carbonyl (C=O) groups excluding carboxylic acids is 1. The van der Waals surface area contributed by atoms with Crippen molar-refractivity contribution in [3.63, 3.8) is 0 Å². The Labute approximate surface area is 148 Å². The minimum absolute atomic E-state index is 0.136. The number of hydrogen-bond acceptors (Lipinski definition) is 5. The second-order valence-electron chi connectivity index (χ2n) is 5.37. The Bertz CT molecular complexity index is 686. The average molecular weight is 344 g/mol. The second kappa shape index (κ2) is 9.52. The minimum Gasteiger partial charge on any atom is -0.493 e. The molecule has 0 saturated heterocycles. The summed E-state index contributed by atoms with van der Waals surface area (Å²) in [6.45, 7) is 3.02. The number of hydrogen-bond donors (Lipinski definition) is 1. The van der Waals surface area contributed by atoms with Gasteiger partial charge in [0, 0.05) is 18.8 Å². The van der Waals surface area contributed by atoms with E-state index in [1.807, 2.05) is 25.1 Å². The standard InChI is InChI=1S/C19H24N2O4/c1-4-25-18-10-8-15(13-21-18)19(22)20-11-5-6-14-7-9-16(23-2)17(12-14)24-3/h7-10,12-13H,4-6,11H2,1-3H3,(H,20,22). The maximum atomic E-state index is 12.1. The molecule has 25 heavy (non-hydrogen) atoms. The zero-order chi connectivity index (χ0) is 18.1. The van der Waals surface area contributed by atoms with E-state index in [0.717, 1.165) is 18.4 Å². The number of nitrogens with zero attached hydrogens (tertiary/aromatic N) is 1. The van der Waals surface area contributed by atoms with E-state index >= 15 is 0 Å². The van der Waals surface area contributed by atoms with Crippen LogP contribution in [0.4, 0.5) is 0 Å². The SMILES string of the molecule is CCOc1ccc(C(=O)NCCCc2ccc(OC)c(OC)c2)cn1. The number of carbonyl (C=O) groups is 1. The van der Waals surface area contributed by atoms with Crippen molar-refractivity contribution in [2.24, 2.45) is 0 Å². The molecule has 0 aliphatic rings. The van der Waals surface area contributed by atoms with Gasteiger partial charge in [-0.15, -0.1) is 0 Å².